The van der Waals surface area contributed by atoms with Crippen LogP contribution >= 0.6 is 0 Å². The van der Waals surface area contributed by atoms with Crippen molar-refractivity contribution < 1.29 is 32.2 Å². The summed E-state index contributed by atoms with van der Waals surface area (Å²) >= 11 is 0. The molecule has 1 amide bonds. The van der Waals surface area contributed by atoms with Gasteiger partial charge in [-0.2, -0.15) is 0 Å². The molecule has 6 nitrogen and oxygen atoms in total. The smallest absolute Gasteiger partial charge is 0.457 e. The zero-order valence-electron chi connectivity index (χ0n) is 19.5. The largest absolute Gasteiger partial charge is 0.573 e. The molecule has 0 radical (unpaired) electrons. The van der Waals surface area contributed by atoms with E-state index < -0.39 is 11.8 Å². The van der Waals surface area contributed by atoms with E-state index in [0.29, 0.717) is 24.4 Å². The molecule has 3 aliphatic heterocycles. The number of rotatable bonds is 5. The minimum Gasteiger partial charge on any atom is -0.457 e. The van der Waals surface area contributed by atoms with E-state index in [2.05, 4.69) is 9.64 Å². The topological polar surface area (TPSA) is 59.1 Å². The third kappa shape index (κ3) is 4.61. The zero-order valence-corrected chi connectivity index (χ0v) is 19.5. The Hall–Kier alpha value is -3.07. The van der Waals surface area contributed by atoms with Crippen LogP contribution < -0.4 is 9.64 Å². The van der Waals surface area contributed by atoms with Crippen molar-refractivity contribution in [3.8, 4) is 5.75 Å². The van der Waals surface area contributed by atoms with Crippen LogP contribution in [0.25, 0.3) is 0 Å². The van der Waals surface area contributed by atoms with E-state index in [1.165, 1.54) is 29.8 Å². The molecule has 3 heterocycles. The van der Waals surface area contributed by atoms with Gasteiger partial charge < -0.3 is 19.3 Å². The molecule has 186 valence electrons. The number of cyclic esters (lactones) is 1. The van der Waals surface area contributed by atoms with Gasteiger partial charge in [-0.1, -0.05) is 6.07 Å². The fraction of sp³-hybridized carbons (Fsp3) is 0.462. The molecule has 1 spiro atoms. The van der Waals surface area contributed by atoms with Crippen LogP contribution in [0.1, 0.15) is 46.3 Å². The number of hydrogen-bond donors (Lipinski definition) is 0. The lowest BCUT2D eigenvalue weighted by atomic mass is 9.77. The van der Waals surface area contributed by atoms with Crippen molar-refractivity contribution in [1.82, 2.24) is 4.90 Å². The molecule has 0 N–H and O–H groups in total. The molecule has 2 aromatic rings. The SMILES string of the molecule is Cc1c(CCN2CCC3(CC2)CCN(c2ccc(OC(F)(F)F)cc2)C3=O)ccc2c1COC2=O. The van der Waals surface area contributed by atoms with Gasteiger partial charge in [0.25, 0.3) is 0 Å². The highest BCUT2D eigenvalue weighted by Gasteiger charge is 2.48. The van der Waals surface area contributed by atoms with Gasteiger partial charge in [0.05, 0.1) is 11.0 Å². The van der Waals surface area contributed by atoms with Crippen LogP contribution in [-0.4, -0.2) is 49.3 Å². The van der Waals surface area contributed by atoms with Gasteiger partial charge >= 0.3 is 12.3 Å². The molecule has 0 atom stereocenters. The Labute approximate surface area is 201 Å². The van der Waals surface area contributed by atoms with E-state index in [4.69, 9.17) is 4.74 Å². The summed E-state index contributed by atoms with van der Waals surface area (Å²) in [6, 6.07) is 9.36. The van der Waals surface area contributed by atoms with Gasteiger partial charge in [0.1, 0.15) is 12.4 Å². The Morgan fingerprint density at radius 3 is 2.37 bits per heavy atom. The average molecular weight is 489 g/mol. The molecular formula is C26H27F3N2O4. The van der Waals surface area contributed by atoms with Crippen molar-refractivity contribution in [2.45, 2.75) is 45.6 Å². The molecule has 35 heavy (non-hydrogen) atoms. The summed E-state index contributed by atoms with van der Waals surface area (Å²) in [5.41, 5.74) is 4.17. The molecule has 3 aliphatic rings. The highest BCUT2D eigenvalue weighted by atomic mass is 19.4. The van der Waals surface area contributed by atoms with Gasteiger partial charge in [-0.25, -0.2) is 4.79 Å². The van der Waals surface area contributed by atoms with Gasteiger partial charge in [-0.15, -0.1) is 13.2 Å². The van der Waals surface area contributed by atoms with Gasteiger partial charge in [-0.05, 0) is 87.2 Å². The Bertz CT molecular complexity index is 1140. The normalized spacial score (nSPS) is 19.8. The van der Waals surface area contributed by atoms with Crippen LogP contribution in [0.5, 0.6) is 5.75 Å². The van der Waals surface area contributed by atoms with E-state index in [-0.39, 0.29) is 17.6 Å². The van der Waals surface area contributed by atoms with E-state index in [1.54, 1.807) is 4.90 Å². The second-order valence-corrected chi connectivity index (χ2v) is 9.57. The highest BCUT2D eigenvalue weighted by Crippen LogP contribution is 2.43. The molecule has 0 aliphatic carbocycles. The van der Waals surface area contributed by atoms with E-state index in [0.717, 1.165) is 56.4 Å². The zero-order chi connectivity index (χ0) is 24.8. The van der Waals surface area contributed by atoms with Crippen LogP contribution in [0.15, 0.2) is 36.4 Å². The van der Waals surface area contributed by atoms with Gasteiger partial charge in [0.2, 0.25) is 5.91 Å². The molecular weight excluding hydrogens is 461 g/mol. The minimum atomic E-state index is -4.74. The number of carbonyl (C=O) groups is 2. The van der Waals surface area contributed by atoms with Crippen LogP contribution in [-0.2, 0) is 22.6 Å². The molecule has 0 unspecified atom stereocenters. The van der Waals surface area contributed by atoms with Crippen molar-refractivity contribution >= 4 is 17.6 Å². The van der Waals surface area contributed by atoms with Crippen molar-refractivity contribution in [1.29, 1.82) is 0 Å². The Morgan fingerprint density at radius 1 is 1.00 bits per heavy atom. The molecule has 0 bridgehead atoms. The third-order valence-electron chi connectivity index (χ3n) is 7.68. The van der Waals surface area contributed by atoms with Crippen LogP contribution in [0.3, 0.4) is 0 Å². The number of amides is 1. The van der Waals surface area contributed by atoms with Crippen LogP contribution in [0, 0.1) is 12.3 Å². The molecule has 2 fully saturated rings. The monoisotopic (exact) mass is 488 g/mol. The van der Waals surface area contributed by atoms with E-state index in [1.807, 2.05) is 19.1 Å². The predicted molar refractivity (Wildman–Crippen MR) is 122 cm³/mol. The second-order valence-electron chi connectivity index (χ2n) is 9.57. The molecule has 0 saturated carbocycles. The van der Waals surface area contributed by atoms with Crippen molar-refractivity contribution in [2.24, 2.45) is 5.41 Å². The second kappa shape index (κ2) is 8.86. The van der Waals surface area contributed by atoms with Gasteiger partial charge in [0.15, 0.2) is 0 Å². The fourth-order valence-electron chi connectivity index (χ4n) is 5.51. The molecule has 5 rings (SSSR count). The van der Waals surface area contributed by atoms with Crippen LogP contribution in [0.4, 0.5) is 18.9 Å². The number of esters is 1. The maximum atomic E-state index is 13.3. The first-order valence-electron chi connectivity index (χ1n) is 11.8. The number of alkyl halides is 3. The summed E-state index contributed by atoms with van der Waals surface area (Å²) in [6.45, 7) is 5.47. The summed E-state index contributed by atoms with van der Waals surface area (Å²) in [7, 11) is 0. The molecule has 0 aromatic heterocycles. The number of carbonyl (C=O) groups excluding carboxylic acids is 2. The van der Waals surface area contributed by atoms with Crippen molar-refractivity contribution in [2.75, 3.05) is 31.1 Å². The predicted octanol–water partition coefficient (Wildman–Crippen LogP) is 4.63. The lowest BCUT2D eigenvalue weighted by Gasteiger charge is -2.38. The lowest BCUT2D eigenvalue weighted by molar-refractivity contribution is -0.274. The first-order valence-corrected chi connectivity index (χ1v) is 11.8. The molecule has 9 heteroatoms. The number of halogens is 3. The van der Waals surface area contributed by atoms with Gasteiger partial charge in [0, 0.05) is 24.3 Å². The molecule has 2 saturated heterocycles. The van der Waals surface area contributed by atoms with E-state index in [9.17, 15) is 22.8 Å². The number of ether oxygens (including phenoxy) is 2. The Kier molecular flexibility index (Phi) is 5.99. The standard InChI is InChI=1S/C26H27F3N2O4/c1-17-18(2-7-21-22(17)16-34-23(21)32)8-12-30-13-9-25(10-14-30)11-15-31(24(25)33)19-3-5-20(6-4-19)35-26(27,28)29/h2-7H,8-16H2,1H3. The summed E-state index contributed by atoms with van der Waals surface area (Å²) in [4.78, 5) is 29.1. The number of fused-ring (bicyclic) bond motifs is 1. The van der Waals surface area contributed by atoms with Crippen molar-refractivity contribution in [3.63, 3.8) is 0 Å². The first kappa shape index (κ1) is 23.7. The summed E-state index contributed by atoms with van der Waals surface area (Å²) in [5.74, 6) is -0.494. The average Bonchev–Trinajstić information content (AvgIpc) is 3.35. The van der Waals surface area contributed by atoms with Crippen LogP contribution in [0.2, 0.25) is 0 Å². The minimum absolute atomic E-state index is 0.0563. The molecule has 2 aromatic carbocycles. The number of hydrogen-bond acceptors (Lipinski definition) is 5. The van der Waals surface area contributed by atoms with Crippen molar-refractivity contribution in [3.05, 3.63) is 58.7 Å². The number of nitrogens with zero attached hydrogens (tertiary/aromatic N) is 2. The Balaban J connectivity index is 1.17. The number of anilines is 1. The number of likely N-dealkylation sites (tertiary alicyclic amines) is 1. The van der Waals surface area contributed by atoms with E-state index >= 15 is 0 Å². The first-order chi connectivity index (χ1) is 16.7. The lowest BCUT2D eigenvalue weighted by Crippen LogP contribution is -2.45. The fourth-order valence-corrected chi connectivity index (χ4v) is 5.51. The highest BCUT2D eigenvalue weighted by molar-refractivity contribution is 6.00. The number of piperidine rings is 1. The van der Waals surface area contributed by atoms with Gasteiger partial charge in [-0.3, -0.25) is 4.79 Å². The third-order valence-corrected chi connectivity index (χ3v) is 7.68. The quantitative estimate of drug-likeness (QED) is 0.575. The summed E-state index contributed by atoms with van der Waals surface area (Å²) in [5, 5.41) is 0. The summed E-state index contributed by atoms with van der Waals surface area (Å²) in [6.07, 6.45) is -1.59. The maximum Gasteiger partial charge on any atom is 0.573 e. The maximum absolute atomic E-state index is 13.3. The summed E-state index contributed by atoms with van der Waals surface area (Å²) < 4.78 is 46.3. The Morgan fingerprint density at radius 2 is 1.69 bits per heavy atom. The number of benzene rings is 2.